The van der Waals surface area contributed by atoms with E-state index in [9.17, 15) is 22.0 Å². The summed E-state index contributed by atoms with van der Waals surface area (Å²) in [6.45, 7) is 4.46. The fraction of sp³-hybridized carbons (Fsp3) is 0.350. The summed E-state index contributed by atoms with van der Waals surface area (Å²) < 4.78 is 54.1. The molecule has 1 aliphatic rings. The van der Waals surface area contributed by atoms with Gasteiger partial charge in [0.25, 0.3) is 5.91 Å². The lowest BCUT2D eigenvalue weighted by Crippen LogP contribution is -2.50. The Bertz CT molecular complexity index is 967. The van der Waals surface area contributed by atoms with Crippen LogP contribution in [0.15, 0.2) is 47.4 Å². The van der Waals surface area contributed by atoms with Crippen LogP contribution < -0.4 is 0 Å². The van der Waals surface area contributed by atoms with E-state index >= 15 is 0 Å². The average Bonchev–Trinajstić information content (AvgIpc) is 2.69. The van der Waals surface area contributed by atoms with Gasteiger partial charge in [-0.25, -0.2) is 17.2 Å². The van der Waals surface area contributed by atoms with Crippen molar-refractivity contribution in [2.24, 2.45) is 0 Å². The summed E-state index contributed by atoms with van der Waals surface area (Å²) in [6.07, 6.45) is 0. The molecule has 0 saturated carbocycles. The van der Waals surface area contributed by atoms with E-state index in [1.165, 1.54) is 9.21 Å². The first-order valence-corrected chi connectivity index (χ1v) is 10.5. The molecule has 1 heterocycles. The van der Waals surface area contributed by atoms with Gasteiger partial charge in [0.1, 0.15) is 11.6 Å². The first-order valence-electron chi connectivity index (χ1n) is 9.04. The van der Waals surface area contributed by atoms with Crippen LogP contribution in [0, 0.1) is 11.6 Å². The van der Waals surface area contributed by atoms with Crippen LogP contribution in [0.2, 0.25) is 0 Å². The zero-order valence-electron chi connectivity index (χ0n) is 15.7. The minimum absolute atomic E-state index is 0.0942. The summed E-state index contributed by atoms with van der Waals surface area (Å²) in [5, 5.41) is 0. The molecule has 3 rings (SSSR count). The predicted octanol–water partition coefficient (Wildman–Crippen LogP) is 3.23. The van der Waals surface area contributed by atoms with Crippen molar-refractivity contribution in [1.29, 1.82) is 0 Å². The highest BCUT2D eigenvalue weighted by Gasteiger charge is 2.31. The third kappa shape index (κ3) is 4.07. The van der Waals surface area contributed by atoms with E-state index < -0.39 is 27.6 Å². The maximum Gasteiger partial charge on any atom is 0.257 e. The molecule has 0 atom stereocenters. The molecule has 0 radical (unpaired) electrons. The first-order chi connectivity index (χ1) is 13.2. The summed E-state index contributed by atoms with van der Waals surface area (Å²) in [7, 11) is -3.67. The lowest BCUT2D eigenvalue weighted by Gasteiger charge is -2.34. The first kappa shape index (κ1) is 20.4. The van der Waals surface area contributed by atoms with Gasteiger partial charge in [-0.05, 0) is 41.8 Å². The lowest BCUT2D eigenvalue weighted by molar-refractivity contribution is 0.0692. The van der Waals surface area contributed by atoms with Crippen molar-refractivity contribution in [2.45, 2.75) is 24.7 Å². The van der Waals surface area contributed by atoms with Gasteiger partial charge in [0, 0.05) is 26.2 Å². The second-order valence-corrected chi connectivity index (χ2v) is 8.98. The van der Waals surface area contributed by atoms with Crippen molar-refractivity contribution in [1.82, 2.24) is 9.21 Å². The Labute approximate surface area is 163 Å². The topological polar surface area (TPSA) is 57.7 Å². The largest absolute Gasteiger partial charge is 0.336 e. The molecular weight excluding hydrogens is 386 g/mol. The molecule has 1 aliphatic heterocycles. The van der Waals surface area contributed by atoms with Crippen molar-refractivity contribution in [3.8, 4) is 0 Å². The number of benzene rings is 2. The maximum atomic E-state index is 13.8. The monoisotopic (exact) mass is 408 g/mol. The summed E-state index contributed by atoms with van der Waals surface area (Å²) >= 11 is 0. The second kappa shape index (κ2) is 7.97. The Morgan fingerprint density at radius 3 is 2.14 bits per heavy atom. The Kier molecular flexibility index (Phi) is 5.81. The molecule has 2 aromatic rings. The molecule has 1 saturated heterocycles. The normalized spacial score (nSPS) is 15.8. The lowest BCUT2D eigenvalue weighted by atomic mass is 10.0. The highest BCUT2D eigenvalue weighted by Crippen LogP contribution is 2.22. The molecule has 0 unspecified atom stereocenters. The molecule has 0 aromatic heterocycles. The molecule has 150 valence electrons. The Hall–Kier alpha value is -2.32. The van der Waals surface area contributed by atoms with Gasteiger partial charge >= 0.3 is 0 Å². The zero-order valence-corrected chi connectivity index (χ0v) is 16.5. The fourth-order valence-corrected chi connectivity index (χ4v) is 4.56. The number of carbonyl (C=O) groups excluding carboxylic acids is 1. The number of sulfonamides is 1. The van der Waals surface area contributed by atoms with E-state index in [4.69, 9.17) is 0 Å². The van der Waals surface area contributed by atoms with Gasteiger partial charge in [-0.1, -0.05) is 26.0 Å². The number of hydrogen-bond acceptors (Lipinski definition) is 3. The van der Waals surface area contributed by atoms with Gasteiger partial charge in [-0.3, -0.25) is 4.79 Å². The molecular formula is C20H22F2N2O3S. The number of hydrogen-bond donors (Lipinski definition) is 0. The van der Waals surface area contributed by atoms with Gasteiger partial charge in [0.05, 0.1) is 10.5 Å². The van der Waals surface area contributed by atoms with Gasteiger partial charge in [-0.2, -0.15) is 4.31 Å². The van der Waals surface area contributed by atoms with Gasteiger partial charge in [0.15, 0.2) is 0 Å². The number of halogens is 2. The number of carbonyl (C=O) groups is 1. The second-order valence-electron chi connectivity index (χ2n) is 7.04. The van der Waals surface area contributed by atoms with Crippen LogP contribution in [0.1, 0.15) is 35.7 Å². The molecule has 0 N–H and O–H groups in total. The van der Waals surface area contributed by atoms with Crippen LogP contribution in [0.4, 0.5) is 8.78 Å². The van der Waals surface area contributed by atoms with Crippen LogP contribution in [-0.4, -0.2) is 49.7 Å². The van der Waals surface area contributed by atoms with Crippen molar-refractivity contribution in [2.75, 3.05) is 26.2 Å². The van der Waals surface area contributed by atoms with E-state index in [0.29, 0.717) is 5.92 Å². The zero-order chi connectivity index (χ0) is 20.5. The number of amides is 1. The minimum Gasteiger partial charge on any atom is -0.336 e. The van der Waals surface area contributed by atoms with E-state index in [-0.39, 0.29) is 36.6 Å². The Morgan fingerprint density at radius 1 is 0.964 bits per heavy atom. The number of piperazine rings is 1. The van der Waals surface area contributed by atoms with Gasteiger partial charge in [0.2, 0.25) is 10.0 Å². The third-order valence-corrected chi connectivity index (χ3v) is 6.78. The molecule has 1 amide bonds. The van der Waals surface area contributed by atoms with Crippen molar-refractivity contribution in [3.05, 3.63) is 65.2 Å². The van der Waals surface area contributed by atoms with Crippen molar-refractivity contribution >= 4 is 15.9 Å². The molecule has 0 bridgehead atoms. The molecule has 1 fully saturated rings. The minimum atomic E-state index is -3.67. The summed E-state index contributed by atoms with van der Waals surface area (Å²) in [6, 6.07) is 9.48. The Balaban J connectivity index is 1.70. The smallest absolute Gasteiger partial charge is 0.257 e. The van der Waals surface area contributed by atoms with Crippen LogP contribution in [0.25, 0.3) is 0 Å². The highest BCUT2D eigenvalue weighted by atomic mass is 32.2. The van der Waals surface area contributed by atoms with Gasteiger partial charge < -0.3 is 4.90 Å². The van der Waals surface area contributed by atoms with Gasteiger partial charge in [-0.15, -0.1) is 0 Å². The molecule has 0 spiro atoms. The molecule has 0 aliphatic carbocycles. The quantitative estimate of drug-likeness (QED) is 0.781. The summed E-state index contributed by atoms with van der Waals surface area (Å²) in [5.74, 6) is -1.84. The standard InChI is InChI=1S/C20H22F2N2O3S/c1-14(2)15-3-6-17(7-4-15)28(26,27)24-11-9-23(10-12-24)20(25)18-13-16(21)5-8-19(18)22/h3-8,13-14H,9-12H2,1-2H3. The van der Waals surface area contributed by atoms with Crippen molar-refractivity contribution < 1.29 is 22.0 Å². The van der Waals surface area contributed by atoms with E-state index in [0.717, 1.165) is 23.8 Å². The number of rotatable bonds is 4. The summed E-state index contributed by atoms with van der Waals surface area (Å²) in [5.41, 5.74) is 0.701. The molecule has 2 aromatic carbocycles. The fourth-order valence-electron chi connectivity index (χ4n) is 3.14. The van der Waals surface area contributed by atoms with Crippen molar-refractivity contribution in [3.63, 3.8) is 0 Å². The van der Waals surface area contributed by atoms with Crippen LogP contribution >= 0.6 is 0 Å². The number of nitrogens with zero attached hydrogens (tertiary/aromatic N) is 2. The predicted molar refractivity (Wildman–Crippen MR) is 102 cm³/mol. The molecule has 8 heteroatoms. The molecule has 5 nitrogen and oxygen atoms in total. The highest BCUT2D eigenvalue weighted by molar-refractivity contribution is 7.89. The Morgan fingerprint density at radius 2 is 1.57 bits per heavy atom. The maximum absolute atomic E-state index is 13.8. The van der Waals surface area contributed by atoms with E-state index in [1.54, 1.807) is 24.3 Å². The van der Waals surface area contributed by atoms with E-state index in [2.05, 4.69) is 0 Å². The third-order valence-electron chi connectivity index (χ3n) is 4.87. The van der Waals surface area contributed by atoms with Crippen LogP contribution in [0.5, 0.6) is 0 Å². The SMILES string of the molecule is CC(C)c1ccc(S(=O)(=O)N2CCN(C(=O)c3cc(F)ccc3F)CC2)cc1. The average molecular weight is 408 g/mol. The van der Waals surface area contributed by atoms with E-state index in [1.807, 2.05) is 13.8 Å². The van der Waals surface area contributed by atoms with Crippen LogP contribution in [0.3, 0.4) is 0 Å². The summed E-state index contributed by atoms with van der Waals surface area (Å²) in [4.78, 5) is 14.0. The van der Waals surface area contributed by atoms with Crippen LogP contribution in [-0.2, 0) is 10.0 Å². The molecule has 28 heavy (non-hydrogen) atoms.